The van der Waals surface area contributed by atoms with Crippen molar-refractivity contribution in [3.63, 3.8) is 0 Å². The topological polar surface area (TPSA) is 15.3 Å². The number of likely N-dealkylation sites (N-methyl/N-ethyl adjacent to an activating group) is 1. The summed E-state index contributed by atoms with van der Waals surface area (Å²) in [5.41, 5.74) is 0. The Kier molecular flexibility index (Phi) is 5.05. The maximum atomic E-state index is 12.6. The van der Waals surface area contributed by atoms with Crippen LogP contribution in [0.5, 0.6) is 0 Å². The minimum Gasteiger partial charge on any atom is -0.315 e. The summed E-state index contributed by atoms with van der Waals surface area (Å²) in [6.45, 7) is 6.57. The van der Waals surface area contributed by atoms with Crippen LogP contribution in [-0.2, 0) is 0 Å². The molecule has 0 radical (unpaired) electrons. The lowest BCUT2D eigenvalue weighted by molar-refractivity contribution is -0.188. The number of nitrogens with zero attached hydrogens (tertiary/aromatic N) is 1. The fraction of sp³-hybridized carbons (Fsp3) is 1.00. The molecule has 0 aliphatic carbocycles. The Morgan fingerprint density at radius 3 is 2.69 bits per heavy atom. The summed E-state index contributed by atoms with van der Waals surface area (Å²) in [4.78, 5) is 1.95. The lowest BCUT2D eigenvalue weighted by Crippen LogP contribution is -2.48. The quantitative estimate of drug-likeness (QED) is 0.808. The third kappa shape index (κ3) is 3.94. The van der Waals surface area contributed by atoms with E-state index in [-0.39, 0.29) is 19.0 Å². The first kappa shape index (κ1) is 13.8. The normalized spacial score (nSPS) is 25.7. The molecule has 5 heteroatoms. The molecule has 0 aromatic rings. The van der Waals surface area contributed by atoms with Crippen molar-refractivity contribution >= 4 is 0 Å². The molecule has 2 nitrogen and oxygen atoms in total. The van der Waals surface area contributed by atoms with E-state index in [0.717, 1.165) is 19.6 Å². The summed E-state index contributed by atoms with van der Waals surface area (Å²) in [5.74, 6) is -1.13. The van der Waals surface area contributed by atoms with Gasteiger partial charge in [0, 0.05) is 19.1 Å². The van der Waals surface area contributed by atoms with Crippen LogP contribution >= 0.6 is 0 Å². The molecule has 96 valence electrons. The van der Waals surface area contributed by atoms with E-state index in [4.69, 9.17) is 0 Å². The van der Waals surface area contributed by atoms with Gasteiger partial charge in [0.2, 0.25) is 0 Å². The number of hydrogen-bond acceptors (Lipinski definition) is 2. The summed E-state index contributed by atoms with van der Waals surface area (Å²) in [6, 6.07) is 0.185. The van der Waals surface area contributed by atoms with Gasteiger partial charge in [0.25, 0.3) is 0 Å². The molecule has 0 amide bonds. The molecule has 0 saturated carbocycles. The van der Waals surface area contributed by atoms with E-state index in [9.17, 15) is 13.2 Å². The van der Waals surface area contributed by atoms with Crippen LogP contribution in [0.1, 0.15) is 26.7 Å². The van der Waals surface area contributed by atoms with Gasteiger partial charge < -0.3 is 5.32 Å². The van der Waals surface area contributed by atoms with Gasteiger partial charge >= 0.3 is 6.18 Å². The molecule has 1 aliphatic heterocycles. The summed E-state index contributed by atoms with van der Waals surface area (Å²) in [6.07, 6.45) is -3.09. The van der Waals surface area contributed by atoms with Gasteiger partial charge in [0.15, 0.2) is 0 Å². The zero-order valence-corrected chi connectivity index (χ0v) is 9.98. The molecule has 2 atom stereocenters. The Morgan fingerprint density at radius 1 is 1.44 bits per heavy atom. The van der Waals surface area contributed by atoms with Crippen molar-refractivity contribution in [3.05, 3.63) is 0 Å². The van der Waals surface area contributed by atoms with Crippen LogP contribution in [0.4, 0.5) is 13.2 Å². The molecule has 0 aromatic heterocycles. The second-order valence-electron chi connectivity index (χ2n) is 4.53. The average Bonchev–Trinajstić information content (AvgIpc) is 2.25. The minimum atomic E-state index is -4.03. The molecule has 16 heavy (non-hydrogen) atoms. The van der Waals surface area contributed by atoms with E-state index in [0.29, 0.717) is 6.42 Å². The molecule has 2 unspecified atom stereocenters. The van der Waals surface area contributed by atoms with Crippen LogP contribution in [0.2, 0.25) is 0 Å². The fourth-order valence-corrected chi connectivity index (χ4v) is 2.16. The number of alkyl halides is 3. The Bertz CT molecular complexity index is 206. The summed E-state index contributed by atoms with van der Waals surface area (Å²) >= 11 is 0. The van der Waals surface area contributed by atoms with Crippen molar-refractivity contribution in [1.82, 2.24) is 10.2 Å². The predicted molar refractivity (Wildman–Crippen MR) is 58.4 cm³/mol. The number of nitrogens with one attached hydrogen (secondary N) is 1. The summed E-state index contributed by atoms with van der Waals surface area (Å²) in [7, 11) is 0. The van der Waals surface area contributed by atoms with Crippen molar-refractivity contribution in [1.29, 1.82) is 0 Å². The maximum Gasteiger partial charge on any atom is 0.393 e. The van der Waals surface area contributed by atoms with Gasteiger partial charge in [-0.05, 0) is 32.9 Å². The van der Waals surface area contributed by atoms with Gasteiger partial charge in [-0.2, -0.15) is 13.2 Å². The van der Waals surface area contributed by atoms with E-state index in [1.54, 1.807) is 0 Å². The average molecular weight is 238 g/mol. The second-order valence-corrected chi connectivity index (χ2v) is 4.53. The zero-order chi connectivity index (χ0) is 12.2. The smallest absolute Gasteiger partial charge is 0.315 e. The van der Waals surface area contributed by atoms with Gasteiger partial charge in [-0.1, -0.05) is 6.92 Å². The molecular formula is C11H21F3N2. The van der Waals surface area contributed by atoms with Gasteiger partial charge in [-0.25, -0.2) is 0 Å². The molecular weight excluding hydrogens is 217 g/mol. The minimum absolute atomic E-state index is 0.163. The molecule has 0 spiro atoms. The molecule has 1 heterocycles. The third-order valence-electron chi connectivity index (χ3n) is 3.23. The molecule has 0 aromatic carbocycles. The van der Waals surface area contributed by atoms with E-state index in [2.05, 4.69) is 5.32 Å². The van der Waals surface area contributed by atoms with Crippen molar-refractivity contribution < 1.29 is 13.2 Å². The Labute approximate surface area is 95.2 Å². The van der Waals surface area contributed by atoms with Crippen molar-refractivity contribution in [2.75, 3.05) is 26.2 Å². The van der Waals surface area contributed by atoms with Crippen LogP contribution in [0, 0.1) is 5.92 Å². The summed E-state index contributed by atoms with van der Waals surface area (Å²) < 4.78 is 37.8. The van der Waals surface area contributed by atoms with Crippen molar-refractivity contribution in [2.45, 2.75) is 38.9 Å². The first-order chi connectivity index (χ1) is 7.45. The molecule has 1 aliphatic rings. The van der Waals surface area contributed by atoms with Crippen LogP contribution < -0.4 is 5.32 Å². The van der Waals surface area contributed by atoms with Gasteiger partial charge in [-0.15, -0.1) is 0 Å². The highest BCUT2D eigenvalue weighted by Gasteiger charge is 2.42. The predicted octanol–water partition coefficient (Wildman–Crippen LogP) is 2.26. The van der Waals surface area contributed by atoms with E-state index >= 15 is 0 Å². The lowest BCUT2D eigenvalue weighted by Gasteiger charge is -2.37. The Morgan fingerprint density at radius 2 is 2.12 bits per heavy atom. The molecule has 1 fully saturated rings. The van der Waals surface area contributed by atoms with Crippen LogP contribution in [0.15, 0.2) is 0 Å². The molecule has 1 N–H and O–H groups in total. The monoisotopic (exact) mass is 238 g/mol. The SMILES string of the molecule is CCNCC(C)N1CCCC(C(F)(F)F)C1. The van der Waals surface area contributed by atoms with Gasteiger partial charge in [-0.3, -0.25) is 4.90 Å². The molecule has 1 rings (SSSR count). The number of hydrogen-bond donors (Lipinski definition) is 1. The second kappa shape index (κ2) is 5.87. The first-order valence-corrected chi connectivity index (χ1v) is 5.96. The number of halogens is 3. The van der Waals surface area contributed by atoms with Crippen LogP contribution in [0.3, 0.4) is 0 Å². The maximum absolute atomic E-state index is 12.6. The largest absolute Gasteiger partial charge is 0.393 e. The van der Waals surface area contributed by atoms with Gasteiger partial charge in [0.05, 0.1) is 5.92 Å². The Hall–Kier alpha value is -0.290. The molecule has 0 bridgehead atoms. The summed E-state index contributed by atoms with van der Waals surface area (Å²) in [5, 5.41) is 3.18. The van der Waals surface area contributed by atoms with Crippen LogP contribution in [-0.4, -0.2) is 43.3 Å². The van der Waals surface area contributed by atoms with Crippen molar-refractivity contribution in [2.24, 2.45) is 5.92 Å². The number of likely N-dealkylation sites (tertiary alicyclic amines) is 1. The zero-order valence-electron chi connectivity index (χ0n) is 9.98. The first-order valence-electron chi connectivity index (χ1n) is 5.96. The number of rotatable bonds is 4. The highest BCUT2D eigenvalue weighted by Crippen LogP contribution is 2.33. The standard InChI is InChI=1S/C11H21F3N2/c1-3-15-7-9(2)16-6-4-5-10(8-16)11(12,13)14/h9-10,15H,3-8H2,1-2H3. The van der Waals surface area contributed by atoms with Crippen molar-refractivity contribution in [3.8, 4) is 0 Å². The number of piperidine rings is 1. The van der Waals surface area contributed by atoms with Crippen LogP contribution in [0.25, 0.3) is 0 Å². The van der Waals surface area contributed by atoms with Gasteiger partial charge in [0.1, 0.15) is 0 Å². The highest BCUT2D eigenvalue weighted by atomic mass is 19.4. The Balaban J connectivity index is 2.43. The fourth-order valence-electron chi connectivity index (χ4n) is 2.16. The lowest BCUT2D eigenvalue weighted by atomic mass is 9.96. The van der Waals surface area contributed by atoms with E-state index in [1.807, 2.05) is 18.7 Å². The van der Waals surface area contributed by atoms with E-state index in [1.165, 1.54) is 0 Å². The molecule has 1 saturated heterocycles. The van der Waals surface area contributed by atoms with E-state index < -0.39 is 12.1 Å². The third-order valence-corrected chi connectivity index (χ3v) is 3.23. The highest BCUT2D eigenvalue weighted by molar-refractivity contribution is 4.81.